The van der Waals surface area contributed by atoms with Gasteiger partial charge in [-0.3, -0.25) is 19.1 Å². The molecule has 0 atom stereocenters. The molecule has 1 aromatic carbocycles. The van der Waals surface area contributed by atoms with Gasteiger partial charge in [0.1, 0.15) is 17.7 Å². The van der Waals surface area contributed by atoms with E-state index in [1.807, 2.05) is 32.9 Å². The summed E-state index contributed by atoms with van der Waals surface area (Å²) in [5, 5.41) is 5.91. The molecule has 0 aliphatic heterocycles. The van der Waals surface area contributed by atoms with Gasteiger partial charge in [-0.05, 0) is 55.3 Å². The number of benzene rings is 1. The lowest BCUT2D eigenvalue weighted by atomic mass is 10.0. The van der Waals surface area contributed by atoms with Crippen molar-refractivity contribution >= 4 is 17.4 Å². The second-order valence-corrected chi connectivity index (χ2v) is 7.82. The topological polar surface area (TPSA) is 141 Å². The summed E-state index contributed by atoms with van der Waals surface area (Å²) in [6, 6.07) is 5.55. The van der Waals surface area contributed by atoms with Gasteiger partial charge in [0.2, 0.25) is 0 Å². The van der Waals surface area contributed by atoms with E-state index >= 15 is 0 Å². The number of amides is 1. The Labute approximate surface area is 195 Å². The molecule has 174 valence electrons. The minimum atomic E-state index is -0.652. The highest BCUT2D eigenvalue weighted by Gasteiger charge is 2.21. The van der Waals surface area contributed by atoms with Crippen LogP contribution in [0.15, 0.2) is 58.7 Å². The van der Waals surface area contributed by atoms with E-state index in [9.17, 15) is 9.59 Å². The molecule has 0 saturated heterocycles. The van der Waals surface area contributed by atoms with Crippen molar-refractivity contribution in [1.29, 1.82) is 0 Å². The number of hydrogen-bond acceptors (Lipinski definition) is 8. The number of pyridine rings is 1. The summed E-state index contributed by atoms with van der Waals surface area (Å²) in [7, 11) is 0. The number of carbonyl (C=O) groups is 1. The van der Waals surface area contributed by atoms with Gasteiger partial charge in [0.05, 0.1) is 23.8 Å². The van der Waals surface area contributed by atoms with Crippen LogP contribution in [0, 0.1) is 13.8 Å². The molecular formula is C24H25N7O3. The maximum absolute atomic E-state index is 13.4. The van der Waals surface area contributed by atoms with Gasteiger partial charge in [-0.2, -0.15) is 0 Å². The lowest BCUT2D eigenvalue weighted by Crippen LogP contribution is -2.31. The average molecular weight is 460 g/mol. The molecule has 4 aromatic rings. The zero-order valence-electron chi connectivity index (χ0n) is 19.1. The standard InChI is InChI=1S/C24H25N7O3/c1-4-26-8-16-7-18(10-27-9-16)30-23(32)20-22(25)29-12-31(24(20)33)21-14(2)5-17(6-15(21)3)19-11-28-13-34-19/h5-7,9-13,26H,4,8,25H2,1-3H3,(H,30,32). The predicted molar refractivity (Wildman–Crippen MR) is 129 cm³/mol. The first-order valence-electron chi connectivity index (χ1n) is 10.7. The van der Waals surface area contributed by atoms with Crippen molar-refractivity contribution in [2.24, 2.45) is 0 Å². The summed E-state index contributed by atoms with van der Waals surface area (Å²) in [6.07, 6.45) is 7.53. The maximum Gasteiger partial charge on any atom is 0.272 e. The van der Waals surface area contributed by atoms with Crippen LogP contribution in [0.2, 0.25) is 0 Å². The number of rotatable bonds is 7. The number of carbonyl (C=O) groups excluding carboxylic acids is 1. The number of nitrogens with one attached hydrogen (secondary N) is 2. The molecule has 4 rings (SSSR count). The van der Waals surface area contributed by atoms with E-state index in [1.54, 1.807) is 18.5 Å². The Bertz CT molecular complexity index is 1370. The highest BCUT2D eigenvalue weighted by molar-refractivity contribution is 6.06. The fourth-order valence-electron chi connectivity index (χ4n) is 3.79. The number of nitrogen functional groups attached to an aromatic ring is 1. The second-order valence-electron chi connectivity index (χ2n) is 7.82. The van der Waals surface area contributed by atoms with Crippen LogP contribution in [-0.4, -0.2) is 32.0 Å². The largest absolute Gasteiger partial charge is 0.444 e. The predicted octanol–water partition coefficient (Wildman–Crippen LogP) is 2.84. The first-order valence-corrected chi connectivity index (χ1v) is 10.7. The molecule has 10 nitrogen and oxygen atoms in total. The van der Waals surface area contributed by atoms with E-state index < -0.39 is 11.5 Å². The van der Waals surface area contributed by atoms with Crippen molar-refractivity contribution in [3.05, 3.63) is 82.1 Å². The number of nitrogens with two attached hydrogens (primary N) is 1. The quantitative estimate of drug-likeness (QED) is 0.383. The average Bonchev–Trinajstić information content (AvgIpc) is 3.34. The highest BCUT2D eigenvalue weighted by atomic mass is 16.3. The van der Waals surface area contributed by atoms with Gasteiger partial charge in [-0.1, -0.05) is 6.92 Å². The third-order valence-electron chi connectivity index (χ3n) is 5.31. The van der Waals surface area contributed by atoms with Crippen molar-refractivity contribution < 1.29 is 9.21 Å². The molecule has 0 radical (unpaired) electrons. The van der Waals surface area contributed by atoms with Gasteiger partial charge >= 0.3 is 0 Å². The SMILES string of the molecule is CCNCc1cncc(NC(=O)c2c(N)ncn(-c3c(C)cc(-c4cnco4)cc3C)c2=O)c1. The summed E-state index contributed by atoms with van der Waals surface area (Å²) in [4.78, 5) is 38.6. The summed E-state index contributed by atoms with van der Waals surface area (Å²) < 4.78 is 6.71. The van der Waals surface area contributed by atoms with Gasteiger partial charge in [0.25, 0.3) is 11.5 Å². The van der Waals surface area contributed by atoms with E-state index in [1.165, 1.54) is 23.5 Å². The zero-order valence-corrected chi connectivity index (χ0v) is 19.1. The molecule has 0 aliphatic carbocycles. The minimum absolute atomic E-state index is 0.149. The number of nitrogens with zero attached hydrogens (tertiary/aromatic N) is 4. The van der Waals surface area contributed by atoms with E-state index in [4.69, 9.17) is 10.2 Å². The first kappa shape index (κ1) is 22.9. The Morgan fingerprint density at radius 3 is 2.56 bits per heavy atom. The van der Waals surface area contributed by atoms with Crippen LogP contribution in [0.3, 0.4) is 0 Å². The molecule has 3 aromatic heterocycles. The van der Waals surface area contributed by atoms with Crippen LogP contribution in [0.4, 0.5) is 11.5 Å². The monoisotopic (exact) mass is 459 g/mol. The van der Waals surface area contributed by atoms with E-state index in [0.29, 0.717) is 23.7 Å². The van der Waals surface area contributed by atoms with Crippen molar-refractivity contribution in [2.45, 2.75) is 27.3 Å². The molecule has 0 aliphatic rings. The summed E-state index contributed by atoms with van der Waals surface area (Å²) in [5.41, 5.74) is 9.54. The van der Waals surface area contributed by atoms with Gasteiger partial charge in [0, 0.05) is 18.3 Å². The Morgan fingerprint density at radius 2 is 1.88 bits per heavy atom. The molecular weight excluding hydrogens is 434 g/mol. The van der Waals surface area contributed by atoms with Gasteiger partial charge < -0.3 is 20.8 Å². The summed E-state index contributed by atoms with van der Waals surface area (Å²) >= 11 is 0. The molecule has 0 unspecified atom stereocenters. The van der Waals surface area contributed by atoms with Crippen LogP contribution in [0.25, 0.3) is 17.0 Å². The molecule has 1 amide bonds. The molecule has 0 spiro atoms. The molecule has 3 heterocycles. The Hall–Kier alpha value is -4.31. The lowest BCUT2D eigenvalue weighted by molar-refractivity contribution is 0.102. The smallest absolute Gasteiger partial charge is 0.272 e. The number of aromatic nitrogens is 4. The molecule has 34 heavy (non-hydrogen) atoms. The number of oxazole rings is 1. The number of anilines is 2. The van der Waals surface area contributed by atoms with Crippen molar-refractivity contribution in [1.82, 2.24) is 24.8 Å². The van der Waals surface area contributed by atoms with Crippen molar-refractivity contribution in [3.63, 3.8) is 0 Å². The van der Waals surface area contributed by atoms with Crippen LogP contribution in [0.5, 0.6) is 0 Å². The Kier molecular flexibility index (Phi) is 6.51. The zero-order chi connectivity index (χ0) is 24.2. The third-order valence-corrected chi connectivity index (χ3v) is 5.31. The normalized spacial score (nSPS) is 10.9. The minimum Gasteiger partial charge on any atom is -0.444 e. The van der Waals surface area contributed by atoms with Gasteiger partial charge in [-0.15, -0.1) is 0 Å². The highest BCUT2D eigenvalue weighted by Crippen LogP contribution is 2.27. The van der Waals surface area contributed by atoms with Crippen LogP contribution >= 0.6 is 0 Å². The maximum atomic E-state index is 13.4. The first-order chi connectivity index (χ1) is 16.4. The van der Waals surface area contributed by atoms with E-state index in [2.05, 4.69) is 25.6 Å². The molecule has 4 N–H and O–H groups in total. The third kappa shape index (κ3) is 4.57. The molecule has 10 heteroatoms. The molecule has 0 saturated carbocycles. The second kappa shape index (κ2) is 9.67. The molecule has 0 bridgehead atoms. The van der Waals surface area contributed by atoms with Gasteiger partial charge in [-0.25, -0.2) is 9.97 Å². The molecule has 0 fully saturated rings. The Balaban J connectivity index is 1.69. The van der Waals surface area contributed by atoms with Crippen molar-refractivity contribution in [2.75, 3.05) is 17.6 Å². The van der Waals surface area contributed by atoms with Crippen LogP contribution in [0.1, 0.15) is 34.0 Å². The van der Waals surface area contributed by atoms with Crippen LogP contribution in [-0.2, 0) is 6.54 Å². The van der Waals surface area contributed by atoms with Gasteiger partial charge in [0.15, 0.2) is 12.2 Å². The van der Waals surface area contributed by atoms with E-state index in [0.717, 1.165) is 28.8 Å². The van der Waals surface area contributed by atoms with E-state index in [-0.39, 0.29) is 11.4 Å². The number of hydrogen-bond donors (Lipinski definition) is 3. The summed E-state index contributed by atoms with van der Waals surface area (Å²) in [6.45, 7) is 7.15. The van der Waals surface area contributed by atoms with Crippen LogP contribution < -0.4 is 21.9 Å². The van der Waals surface area contributed by atoms with Crippen molar-refractivity contribution in [3.8, 4) is 17.0 Å². The fourth-order valence-corrected chi connectivity index (χ4v) is 3.79. The Morgan fingerprint density at radius 1 is 1.12 bits per heavy atom. The lowest BCUT2D eigenvalue weighted by Gasteiger charge is -2.15. The number of aryl methyl sites for hydroxylation is 2. The fraction of sp³-hybridized carbons (Fsp3) is 0.208. The summed E-state index contributed by atoms with van der Waals surface area (Å²) in [5.74, 6) is -0.185.